The van der Waals surface area contributed by atoms with Crippen LogP contribution in [0.4, 0.5) is 0 Å². The van der Waals surface area contributed by atoms with Crippen LogP contribution in [0.25, 0.3) is 0 Å². The molecule has 0 aliphatic heterocycles. The van der Waals surface area contributed by atoms with Gasteiger partial charge in [-0.2, -0.15) is 0 Å². The van der Waals surface area contributed by atoms with Gasteiger partial charge in [0.25, 0.3) is 5.91 Å². The summed E-state index contributed by atoms with van der Waals surface area (Å²) in [6.45, 7) is 0.822. The van der Waals surface area contributed by atoms with Gasteiger partial charge in [-0.25, -0.2) is 0 Å². The van der Waals surface area contributed by atoms with Crippen LogP contribution in [0, 0.1) is 11.8 Å². The summed E-state index contributed by atoms with van der Waals surface area (Å²) in [5.74, 6) is 6.31. The molecule has 0 aliphatic rings. The summed E-state index contributed by atoms with van der Waals surface area (Å²) in [4.78, 5) is 13.1. The number of benzene rings is 1. The number of hydrogen-bond donors (Lipinski definition) is 2. The first kappa shape index (κ1) is 15.1. The molecule has 0 radical (unpaired) electrons. The Kier molecular flexibility index (Phi) is 5.38. The summed E-state index contributed by atoms with van der Waals surface area (Å²) in [6, 6.07) is 9.02. The number of ether oxygens (including phenoxy) is 1. The van der Waals surface area contributed by atoms with Gasteiger partial charge in [0.1, 0.15) is 5.75 Å². The monoisotopic (exact) mass is 300 g/mol. The maximum atomic E-state index is 12.1. The fourth-order valence-electron chi connectivity index (χ4n) is 1.73. The van der Waals surface area contributed by atoms with E-state index in [1.165, 1.54) is 0 Å². The third kappa shape index (κ3) is 4.35. The quantitative estimate of drug-likeness (QED) is 0.849. The Morgan fingerprint density at radius 1 is 1.43 bits per heavy atom. The molecule has 1 aromatic carbocycles. The van der Waals surface area contributed by atoms with E-state index in [4.69, 9.17) is 10.5 Å². The largest absolute Gasteiger partial charge is 0.497 e. The van der Waals surface area contributed by atoms with Crippen molar-refractivity contribution in [3.05, 3.63) is 51.7 Å². The summed E-state index contributed by atoms with van der Waals surface area (Å²) in [5, 5.41) is 4.83. The van der Waals surface area contributed by atoms with Crippen molar-refractivity contribution < 1.29 is 9.53 Å². The Morgan fingerprint density at radius 2 is 2.29 bits per heavy atom. The maximum Gasteiger partial charge on any atom is 0.251 e. The van der Waals surface area contributed by atoms with Crippen molar-refractivity contribution >= 4 is 17.2 Å². The van der Waals surface area contributed by atoms with Crippen LogP contribution < -0.4 is 15.8 Å². The highest BCUT2D eigenvalue weighted by atomic mass is 32.1. The van der Waals surface area contributed by atoms with Crippen molar-refractivity contribution in [2.45, 2.75) is 6.54 Å². The summed E-state index contributed by atoms with van der Waals surface area (Å²) in [5.41, 5.74) is 6.84. The third-order valence-corrected chi connectivity index (χ3v) is 3.68. The topological polar surface area (TPSA) is 64.3 Å². The molecule has 3 N–H and O–H groups in total. The van der Waals surface area contributed by atoms with E-state index in [1.807, 2.05) is 11.4 Å². The molecular weight excluding hydrogens is 284 g/mol. The molecule has 2 rings (SSSR count). The molecule has 21 heavy (non-hydrogen) atoms. The number of thiophene rings is 1. The Labute approximate surface area is 127 Å². The SMILES string of the molecule is COc1cccc(C(=O)NCc2cc(C#CCN)cs2)c1. The van der Waals surface area contributed by atoms with Crippen LogP contribution in [0.1, 0.15) is 20.8 Å². The minimum Gasteiger partial charge on any atom is -0.497 e. The number of rotatable bonds is 4. The van der Waals surface area contributed by atoms with E-state index in [1.54, 1.807) is 42.7 Å². The van der Waals surface area contributed by atoms with E-state index in [0.29, 0.717) is 24.4 Å². The van der Waals surface area contributed by atoms with Gasteiger partial charge in [0, 0.05) is 21.4 Å². The van der Waals surface area contributed by atoms with Gasteiger partial charge in [0.15, 0.2) is 0 Å². The molecule has 4 nitrogen and oxygen atoms in total. The van der Waals surface area contributed by atoms with Gasteiger partial charge in [0.2, 0.25) is 0 Å². The third-order valence-electron chi connectivity index (χ3n) is 2.74. The van der Waals surface area contributed by atoms with E-state index >= 15 is 0 Å². The van der Waals surface area contributed by atoms with Gasteiger partial charge >= 0.3 is 0 Å². The van der Waals surface area contributed by atoms with Crippen molar-refractivity contribution in [3.63, 3.8) is 0 Å². The second-order valence-electron chi connectivity index (χ2n) is 4.22. The minimum absolute atomic E-state index is 0.128. The first-order chi connectivity index (χ1) is 10.2. The van der Waals surface area contributed by atoms with Crippen LogP contribution in [0.3, 0.4) is 0 Å². The smallest absolute Gasteiger partial charge is 0.251 e. The maximum absolute atomic E-state index is 12.1. The summed E-state index contributed by atoms with van der Waals surface area (Å²) in [6.07, 6.45) is 0. The summed E-state index contributed by atoms with van der Waals surface area (Å²) in [7, 11) is 1.58. The zero-order valence-electron chi connectivity index (χ0n) is 11.7. The Bertz CT molecular complexity index is 683. The lowest BCUT2D eigenvalue weighted by molar-refractivity contribution is 0.0951. The standard InChI is InChI=1S/C16H16N2O2S/c1-20-14-6-2-5-13(9-14)16(19)18-10-15-8-12(11-21-15)4-3-7-17/h2,5-6,8-9,11H,7,10,17H2,1H3,(H,18,19). The van der Waals surface area contributed by atoms with Gasteiger partial charge in [-0.1, -0.05) is 17.9 Å². The Hall–Kier alpha value is -2.29. The van der Waals surface area contributed by atoms with Gasteiger partial charge in [0.05, 0.1) is 20.2 Å². The highest BCUT2D eigenvalue weighted by molar-refractivity contribution is 7.10. The number of amides is 1. The average molecular weight is 300 g/mol. The number of carbonyl (C=O) groups is 1. The highest BCUT2D eigenvalue weighted by Crippen LogP contribution is 2.15. The van der Waals surface area contributed by atoms with Gasteiger partial charge in [-0.15, -0.1) is 11.3 Å². The molecule has 0 fully saturated rings. The van der Waals surface area contributed by atoms with Gasteiger partial charge in [-0.05, 0) is 24.3 Å². The molecule has 5 heteroatoms. The number of methoxy groups -OCH3 is 1. The number of hydrogen-bond acceptors (Lipinski definition) is 4. The van der Waals surface area contributed by atoms with Gasteiger partial charge in [-0.3, -0.25) is 4.79 Å². The summed E-state index contributed by atoms with van der Waals surface area (Å²) < 4.78 is 5.11. The molecule has 0 spiro atoms. The van der Waals surface area contributed by atoms with E-state index in [9.17, 15) is 4.79 Å². The lowest BCUT2D eigenvalue weighted by Gasteiger charge is -2.05. The fraction of sp³-hybridized carbons (Fsp3) is 0.188. The van der Waals surface area contributed by atoms with E-state index in [-0.39, 0.29) is 5.91 Å². The Balaban J connectivity index is 1.95. The molecule has 1 aromatic heterocycles. The molecule has 0 saturated heterocycles. The van der Waals surface area contributed by atoms with Crippen LogP contribution in [-0.4, -0.2) is 19.6 Å². The van der Waals surface area contributed by atoms with Crippen LogP contribution in [-0.2, 0) is 6.54 Å². The molecule has 0 saturated carbocycles. The molecule has 1 heterocycles. The van der Waals surface area contributed by atoms with Crippen molar-refractivity contribution in [1.82, 2.24) is 5.32 Å². The van der Waals surface area contributed by atoms with Crippen LogP contribution >= 0.6 is 11.3 Å². The normalized spacial score (nSPS) is 9.62. The van der Waals surface area contributed by atoms with Crippen LogP contribution in [0.15, 0.2) is 35.7 Å². The van der Waals surface area contributed by atoms with Crippen molar-refractivity contribution in [2.24, 2.45) is 5.73 Å². The van der Waals surface area contributed by atoms with Crippen molar-refractivity contribution in [3.8, 4) is 17.6 Å². The molecule has 0 bridgehead atoms. The average Bonchev–Trinajstić information content (AvgIpc) is 2.98. The lowest BCUT2D eigenvalue weighted by Crippen LogP contribution is -2.22. The minimum atomic E-state index is -0.128. The van der Waals surface area contributed by atoms with E-state index in [0.717, 1.165) is 10.4 Å². The lowest BCUT2D eigenvalue weighted by atomic mass is 10.2. The first-order valence-corrected chi connectivity index (χ1v) is 7.29. The Morgan fingerprint density at radius 3 is 3.05 bits per heavy atom. The van der Waals surface area contributed by atoms with Gasteiger partial charge < -0.3 is 15.8 Å². The van der Waals surface area contributed by atoms with Crippen molar-refractivity contribution in [2.75, 3.05) is 13.7 Å². The van der Waals surface area contributed by atoms with Crippen molar-refractivity contribution in [1.29, 1.82) is 0 Å². The van der Waals surface area contributed by atoms with E-state index in [2.05, 4.69) is 17.2 Å². The second-order valence-corrected chi connectivity index (χ2v) is 5.22. The van der Waals surface area contributed by atoms with Crippen LogP contribution in [0.5, 0.6) is 5.75 Å². The molecule has 0 aliphatic carbocycles. The molecule has 2 aromatic rings. The zero-order valence-corrected chi connectivity index (χ0v) is 12.5. The molecular formula is C16H16N2O2S. The summed E-state index contributed by atoms with van der Waals surface area (Å²) >= 11 is 1.56. The fourth-order valence-corrected chi connectivity index (χ4v) is 2.48. The number of nitrogens with one attached hydrogen (secondary N) is 1. The molecule has 1 amide bonds. The predicted molar refractivity (Wildman–Crippen MR) is 84.4 cm³/mol. The zero-order chi connectivity index (χ0) is 15.1. The highest BCUT2D eigenvalue weighted by Gasteiger charge is 2.07. The number of carbonyl (C=O) groups excluding carboxylic acids is 1. The molecule has 108 valence electrons. The molecule has 0 unspecified atom stereocenters. The first-order valence-electron chi connectivity index (χ1n) is 6.41. The van der Waals surface area contributed by atoms with Crippen LogP contribution in [0.2, 0.25) is 0 Å². The number of nitrogens with two attached hydrogens (primary N) is 1. The predicted octanol–water partition coefficient (Wildman–Crippen LogP) is 2.00. The second kappa shape index (κ2) is 7.48. The molecule has 0 atom stereocenters. The van der Waals surface area contributed by atoms with E-state index < -0.39 is 0 Å².